The Hall–Kier alpha value is -1.14. The molecule has 2 rings (SSSR count). The zero-order valence-corrected chi connectivity index (χ0v) is 26.3. The minimum absolute atomic E-state index is 0.204. The predicted molar refractivity (Wildman–Crippen MR) is 148 cm³/mol. The van der Waals surface area contributed by atoms with E-state index in [-0.39, 0.29) is 24.5 Å². The molecule has 234 valence electrons. The molecule has 3 N–H and O–H groups in total. The van der Waals surface area contributed by atoms with Crippen LogP contribution in [0.15, 0.2) is 0 Å². The van der Waals surface area contributed by atoms with Crippen LogP contribution in [-0.2, 0) is 33.3 Å². The Kier molecular flexibility index (Phi) is 11.8. The van der Waals surface area contributed by atoms with Gasteiger partial charge in [-0.15, -0.1) is 0 Å². The van der Waals surface area contributed by atoms with Crippen LogP contribution in [0.25, 0.3) is 0 Å². The van der Waals surface area contributed by atoms with Crippen LogP contribution in [0.4, 0.5) is 0 Å². The fraction of sp³-hybridized carbons (Fsp3) is 0.933. The number of ketones is 1. The lowest BCUT2D eigenvalue weighted by Gasteiger charge is -2.46. The summed E-state index contributed by atoms with van der Waals surface area (Å²) in [5.41, 5.74) is -3.53. The van der Waals surface area contributed by atoms with Crippen LogP contribution in [0.5, 0.6) is 0 Å². The summed E-state index contributed by atoms with van der Waals surface area (Å²) < 4.78 is 29.9. The Morgan fingerprint density at radius 2 is 1.50 bits per heavy atom. The van der Waals surface area contributed by atoms with Crippen molar-refractivity contribution in [3.8, 4) is 0 Å². The topological polar surface area (TPSA) is 141 Å². The first-order chi connectivity index (χ1) is 18.4. The van der Waals surface area contributed by atoms with Crippen molar-refractivity contribution in [2.45, 2.75) is 142 Å². The van der Waals surface area contributed by atoms with Crippen molar-refractivity contribution >= 4 is 11.8 Å². The molecule has 2 aliphatic heterocycles. The Labute approximate surface area is 240 Å². The van der Waals surface area contributed by atoms with Gasteiger partial charge in [0, 0.05) is 32.5 Å². The first-order valence-corrected chi connectivity index (χ1v) is 14.6. The molecule has 40 heavy (non-hydrogen) atoms. The van der Waals surface area contributed by atoms with Crippen molar-refractivity contribution in [2.75, 3.05) is 14.2 Å². The molecule has 0 radical (unpaired) electrons. The fourth-order valence-electron chi connectivity index (χ4n) is 6.61. The smallest absolute Gasteiger partial charge is 0.311 e. The third kappa shape index (κ3) is 7.43. The number of carbonyl (C=O) groups is 2. The molecule has 0 aliphatic carbocycles. The number of esters is 1. The van der Waals surface area contributed by atoms with Gasteiger partial charge in [0.05, 0.1) is 35.4 Å². The van der Waals surface area contributed by atoms with Gasteiger partial charge in [-0.3, -0.25) is 9.59 Å². The maximum atomic E-state index is 13.6. The largest absolute Gasteiger partial charge is 0.459 e. The van der Waals surface area contributed by atoms with Crippen molar-refractivity contribution in [3.05, 3.63) is 0 Å². The molecule has 10 heteroatoms. The number of aliphatic hydroxyl groups is 3. The molecule has 0 amide bonds. The number of Topliss-reactive ketones (excluding diaryl/α,β-unsaturated/α-hetero) is 1. The van der Waals surface area contributed by atoms with Gasteiger partial charge in [-0.1, -0.05) is 27.7 Å². The van der Waals surface area contributed by atoms with Crippen molar-refractivity contribution in [2.24, 2.45) is 23.7 Å². The van der Waals surface area contributed by atoms with Gasteiger partial charge in [0.15, 0.2) is 6.29 Å². The van der Waals surface area contributed by atoms with E-state index < -0.39 is 77.3 Å². The van der Waals surface area contributed by atoms with Gasteiger partial charge in [0.2, 0.25) is 0 Å². The minimum Gasteiger partial charge on any atom is -0.459 e. The molecule has 6 unspecified atom stereocenters. The SMILES string of the molecule is CC[C@H]1OC(=O)C(C)C(O[C@H]2C[C@@](C)(OC)[C@@H](O)C(C)O2)[C@H](C)CC(C)(OC)C[C@@H](C)C(=O)C(C)C(O)[C@]1(C)O. The second-order valence-corrected chi connectivity index (χ2v) is 13.0. The highest BCUT2D eigenvalue weighted by atomic mass is 16.7. The van der Waals surface area contributed by atoms with Gasteiger partial charge in [-0.05, 0) is 59.8 Å². The van der Waals surface area contributed by atoms with Crippen LogP contribution in [-0.4, -0.2) is 94.9 Å². The molecule has 13 atom stereocenters. The average Bonchev–Trinajstić information content (AvgIpc) is 2.90. The monoisotopic (exact) mass is 574 g/mol. The van der Waals surface area contributed by atoms with Gasteiger partial charge < -0.3 is 39.0 Å². The first-order valence-electron chi connectivity index (χ1n) is 14.6. The number of hydrogen-bond donors (Lipinski definition) is 3. The highest BCUT2D eigenvalue weighted by Crippen LogP contribution is 2.39. The number of aliphatic hydroxyl groups excluding tert-OH is 2. The number of cyclic esters (lactones) is 1. The number of carbonyl (C=O) groups excluding carboxylic acids is 2. The third-order valence-corrected chi connectivity index (χ3v) is 9.48. The summed E-state index contributed by atoms with van der Waals surface area (Å²) in [7, 11) is 3.12. The lowest BCUT2D eigenvalue weighted by atomic mass is 9.75. The molecule has 0 aromatic heterocycles. The zero-order chi connectivity index (χ0) is 30.8. The second-order valence-electron chi connectivity index (χ2n) is 13.0. The first kappa shape index (κ1) is 35.1. The molecular formula is C30H54O10. The van der Waals surface area contributed by atoms with Crippen LogP contribution in [0.1, 0.15) is 88.0 Å². The highest BCUT2D eigenvalue weighted by Gasteiger charge is 2.50. The summed E-state index contributed by atoms with van der Waals surface area (Å²) in [4.78, 5) is 27.0. The molecule has 10 nitrogen and oxygen atoms in total. The van der Waals surface area contributed by atoms with Crippen molar-refractivity contribution in [1.29, 1.82) is 0 Å². The maximum Gasteiger partial charge on any atom is 0.311 e. The van der Waals surface area contributed by atoms with Crippen LogP contribution >= 0.6 is 0 Å². The average molecular weight is 575 g/mol. The molecule has 2 saturated heterocycles. The standard InChI is InChI=1S/C30H54O10/c1-12-21-30(9,35)25(32)18(4)23(31)16(2)13-28(7,36-10)14-17(3)24(19(5)27(34)39-21)40-22-15-29(8,37-11)26(33)20(6)38-22/h16-22,24-26,32-33,35H,12-15H2,1-11H3/t16-,17-,18?,19?,20?,21-,22+,24?,25?,26+,28?,29-,30-/m1/s1. The van der Waals surface area contributed by atoms with E-state index in [9.17, 15) is 24.9 Å². The van der Waals surface area contributed by atoms with Gasteiger partial charge in [-0.25, -0.2) is 0 Å². The lowest BCUT2D eigenvalue weighted by Crippen LogP contribution is -2.58. The normalized spacial score (nSPS) is 48.4. The summed E-state index contributed by atoms with van der Waals surface area (Å²) in [5, 5.41) is 33.1. The Morgan fingerprint density at radius 1 is 0.900 bits per heavy atom. The van der Waals surface area contributed by atoms with Crippen LogP contribution in [0.2, 0.25) is 0 Å². The minimum atomic E-state index is -1.87. The fourth-order valence-corrected chi connectivity index (χ4v) is 6.61. The van der Waals surface area contributed by atoms with Gasteiger partial charge in [-0.2, -0.15) is 0 Å². The van der Waals surface area contributed by atoms with Gasteiger partial charge in [0.25, 0.3) is 0 Å². The van der Waals surface area contributed by atoms with Crippen LogP contribution in [0.3, 0.4) is 0 Å². The van der Waals surface area contributed by atoms with E-state index in [1.165, 1.54) is 14.0 Å². The summed E-state index contributed by atoms with van der Waals surface area (Å²) in [6, 6.07) is 0. The molecule has 0 aromatic rings. The van der Waals surface area contributed by atoms with Gasteiger partial charge in [0.1, 0.15) is 23.6 Å². The van der Waals surface area contributed by atoms with E-state index in [1.807, 2.05) is 13.8 Å². The number of methoxy groups -OCH3 is 2. The van der Waals surface area contributed by atoms with Crippen LogP contribution < -0.4 is 0 Å². The molecule has 0 spiro atoms. The maximum absolute atomic E-state index is 13.6. The number of rotatable bonds is 5. The molecule has 0 aromatic carbocycles. The van der Waals surface area contributed by atoms with E-state index >= 15 is 0 Å². The molecule has 2 heterocycles. The van der Waals surface area contributed by atoms with Crippen molar-refractivity contribution < 1.29 is 48.6 Å². The Bertz CT molecular complexity index is 863. The molecular weight excluding hydrogens is 520 g/mol. The van der Waals surface area contributed by atoms with Crippen molar-refractivity contribution in [1.82, 2.24) is 0 Å². The molecule has 2 fully saturated rings. The lowest BCUT2D eigenvalue weighted by molar-refractivity contribution is -0.296. The summed E-state index contributed by atoms with van der Waals surface area (Å²) in [6.07, 6.45) is -4.10. The second kappa shape index (κ2) is 13.4. The predicted octanol–water partition coefficient (Wildman–Crippen LogP) is 3.02. The van der Waals surface area contributed by atoms with Gasteiger partial charge >= 0.3 is 5.97 Å². The summed E-state index contributed by atoms with van der Waals surface area (Å²) >= 11 is 0. The quantitative estimate of drug-likeness (QED) is 0.420. The van der Waals surface area contributed by atoms with E-state index in [0.29, 0.717) is 12.8 Å². The van der Waals surface area contributed by atoms with E-state index in [2.05, 4.69) is 0 Å². The summed E-state index contributed by atoms with van der Waals surface area (Å²) in [6.45, 7) is 15.7. The molecule has 2 aliphatic rings. The molecule has 0 bridgehead atoms. The summed E-state index contributed by atoms with van der Waals surface area (Å²) in [5.74, 6) is -3.18. The van der Waals surface area contributed by atoms with E-state index in [4.69, 9.17) is 23.7 Å². The Balaban J connectivity index is 2.52. The van der Waals surface area contributed by atoms with Crippen molar-refractivity contribution in [3.63, 3.8) is 0 Å². The number of hydrogen-bond acceptors (Lipinski definition) is 10. The zero-order valence-electron chi connectivity index (χ0n) is 26.3. The van der Waals surface area contributed by atoms with E-state index in [0.717, 1.165) is 0 Å². The Morgan fingerprint density at radius 3 is 2.02 bits per heavy atom. The third-order valence-electron chi connectivity index (χ3n) is 9.48. The molecule has 0 saturated carbocycles. The van der Waals surface area contributed by atoms with E-state index in [1.54, 1.807) is 48.7 Å². The highest BCUT2D eigenvalue weighted by molar-refractivity contribution is 5.83. The number of ether oxygens (including phenoxy) is 5. The van der Waals surface area contributed by atoms with Crippen LogP contribution in [0, 0.1) is 23.7 Å².